The van der Waals surface area contributed by atoms with Gasteiger partial charge in [0.05, 0.1) is 30.3 Å². The average Bonchev–Trinajstić information content (AvgIpc) is 2.46. The van der Waals surface area contributed by atoms with Crippen LogP contribution in [0.3, 0.4) is 0 Å². The van der Waals surface area contributed by atoms with Gasteiger partial charge in [-0.15, -0.1) is 0 Å². The van der Waals surface area contributed by atoms with Gasteiger partial charge < -0.3 is 19.9 Å². The standard InChI is InChI=1S/C13H18N2O6/c1-4-14-13(17)8(2)21-12-6-10(15(18)19)9(7-16)5-11(12)20-3/h5-6,8,16H,4,7H2,1-3H3,(H,14,17). The first kappa shape index (κ1) is 16.7. The minimum absolute atomic E-state index is 0.0696. The SMILES string of the molecule is CCNC(=O)C(C)Oc1cc([N+](=O)[O-])c(CO)cc1OC. The Hall–Kier alpha value is -2.35. The fourth-order valence-corrected chi connectivity index (χ4v) is 1.70. The molecule has 1 unspecified atom stereocenters. The van der Waals surface area contributed by atoms with Gasteiger partial charge in [-0.1, -0.05) is 0 Å². The van der Waals surface area contributed by atoms with E-state index in [9.17, 15) is 14.9 Å². The number of hydrogen-bond donors (Lipinski definition) is 2. The summed E-state index contributed by atoms with van der Waals surface area (Å²) in [6.45, 7) is 3.24. The summed E-state index contributed by atoms with van der Waals surface area (Å²) < 4.78 is 10.5. The zero-order chi connectivity index (χ0) is 16.0. The van der Waals surface area contributed by atoms with Crippen molar-refractivity contribution < 1.29 is 24.3 Å². The van der Waals surface area contributed by atoms with Crippen LogP contribution in [0.1, 0.15) is 19.4 Å². The summed E-state index contributed by atoms with van der Waals surface area (Å²) in [6, 6.07) is 2.46. The summed E-state index contributed by atoms with van der Waals surface area (Å²) in [4.78, 5) is 22.0. The van der Waals surface area contributed by atoms with Gasteiger partial charge in [-0.2, -0.15) is 0 Å². The second kappa shape index (κ2) is 7.44. The summed E-state index contributed by atoms with van der Waals surface area (Å²) in [5.74, 6) is -0.0607. The van der Waals surface area contributed by atoms with Gasteiger partial charge in [-0.3, -0.25) is 14.9 Å². The van der Waals surface area contributed by atoms with Crippen LogP contribution in [0.15, 0.2) is 12.1 Å². The van der Waals surface area contributed by atoms with Crippen LogP contribution in [0.25, 0.3) is 0 Å². The number of carbonyl (C=O) groups is 1. The number of rotatable bonds is 7. The molecule has 0 spiro atoms. The lowest BCUT2D eigenvalue weighted by Crippen LogP contribution is -2.36. The zero-order valence-electron chi connectivity index (χ0n) is 12.1. The van der Waals surface area contributed by atoms with Crippen LogP contribution < -0.4 is 14.8 Å². The minimum Gasteiger partial charge on any atom is -0.493 e. The molecule has 0 saturated heterocycles. The highest BCUT2D eigenvalue weighted by Gasteiger charge is 2.22. The largest absolute Gasteiger partial charge is 0.493 e. The van der Waals surface area contributed by atoms with Crippen LogP contribution in [0.5, 0.6) is 11.5 Å². The number of amides is 1. The predicted molar refractivity (Wildman–Crippen MR) is 74.3 cm³/mol. The Morgan fingerprint density at radius 2 is 2.14 bits per heavy atom. The molecule has 1 amide bonds. The smallest absolute Gasteiger partial charge is 0.278 e. The fraction of sp³-hybridized carbons (Fsp3) is 0.462. The summed E-state index contributed by atoms with van der Waals surface area (Å²) in [6.07, 6.45) is -0.835. The molecule has 0 saturated carbocycles. The van der Waals surface area contributed by atoms with Gasteiger partial charge in [0.2, 0.25) is 0 Å². The number of methoxy groups -OCH3 is 1. The number of likely N-dealkylation sites (N-methyl/N-ethyl adjacent to an activating group) is 1. The molecule has 0 bridgehead atoms. The van der Waals surface area contributed by atoms with Crippen molar-refractivity contribution in [1.82, 2.24) is 5.32 Å². The second-order valence-electron chi connectivity index (χ2n) is 4.20. The van der Waals surface area contributed by atoms with E-state index < -0.39 is 17.6 Å². The van der Waals surface area contributed by atoms with Crippen LogP contribution in [0.2, 0.25) is 0 Å². The van der Waals surface area contributed by atoms with Crippen molar-refractivity contribution in [2.45, 2.75) is 26.6 Å². The molecule has 1 rings (SSSR count). The quantitative estimate of drug-likeness (QED) is 0.574. The third-order valence-electron chi connectivity index (χ3n) is 2.76. The number of nitrogens with one attached hydrogen (secondary N) is 1. The number of hydrogen-bond acceptors (Lipinski definition) is 6. The van der Waals surface area contributed by atoms with E-state index in [1.54, 1.807) is 6.92 Å². The number of aliphatic hydroxyl groups is 1. The van der Waals surface area contributed by atoms with Gasteiger partial charge in [0.1, 0.15) is 0 Å². The normalized spacial score (nSPS) is 11.6. The van der Waals surface area contributed by atoms with E-state index in [-0.39, 0.29) is 28.7 Å². The van der Waals surface area contributed by atoms with Gasteiger partial charge in [0, 0.05) is 6.54 Å². The van der Waals surface area contributed by atoms with Crippen LogP contribution >= 0.6 is 0 Å². The molecule has 8 nitrogen and oxygen atoms in total. The minimum atomic E-state index is -0.835. The van der Waals surface area contributed by atoms with Crippen molar-refractivity contribution in [3.63, 3.8) is 0 Å². The molecule has 1 aromatic carbocycles. The predicted octanol–water partition coefficient (Wildman–Crippen LogP) is 0.999. The molecule has 1 aromatic rings. The lowest BCUT2D eigenvalue weighted by molar-refractivity contribution is -0.386. The van der Waals surface area contributed by atoms with E-state index >= 15 is 0 Å². The van der Waals surface area contributed by atoms with Gasteiger partial charge in [-0.25, -0.2) is 0 Å². The lowest BCUT2D eigenvalue weighted by atomic mass is 10.1. The van der Waals surface area contributed by atoms with E-state index in [1.165, 1.54) is 20.1 Å². The fourth-order valence-electron chi connectivity index (χ4n) is 1.70. The average molecular weight is 298 g/mol. The third kappa shape index (κ3) is 4.06. The molecule has 1 atom stereocenters. The van der Waals surface area contributed by atoms with Gasteiger partial charge in [0.25, 0.3) is 11.6 Å². The Kier molecular flexibility index (Phi) is 5.92. The topological polar surface area (TPSA) is 111 Å². The molecule has 0 aliphatic heterocycles. The van der Waals surface area contributed by atoms with E-state index in [0.717, 1.165) is 6.07 Å². The van der Waals surface area contributed by atoms with Crippen LogP contribution in [-0.2, 0) is 11.4 Å². The molecule has 21 heavy (non-hydrogen) atoms. The number of aliphatic hydroxyl groups excluding tert-OH is 1. The molecule has 0 heterocycles. The van der Waals surface area contributed by atoms with E-state index in [4.69, 9.17) is 14.6 Å². The Morgan fingerprint density at radius 1 is 1.48 bits per heavy atom. The summed E-state index contributed by atoms with van der Waals surface area (Å²) >= 11 is 0. The van der Waals surface area contributed by atoms with Gasteiger partial charge in [-0.05, 0) is 19.9 Å². The van der Waals surface area contributed by atoms with Crippen molar-refractivity contribution >= 4 is 11.6 Å². The van der Waals surface area contributed by atoms with E-state index in [0.29, 0.717) is 6.54 Å². The maximum absolute atomic E-state index is 11.6. The molecule has 116 valence electrons. The third-order valence-corrected chi connectivity index (χ3v) is 2.76. The van der Waals surface area contributed by atoms with Crippen LogP contribution in [-0.4, -0.2) is 35.7 Å². The number of ether oxygens (including phenoxy) is 2. The molecule has 2 N–H and O–H groups in total. The number of nitro groups is 1. The van der Waals surface area contributed by atoms with E-state index in [1.807, 2.05) is 0 Å². The monoisotopic (exact) mass is 298 g/mol. The van der Waals surface area contributed by atoms with Crippen molar-refractivity contribution in [3.05, 3.63) is 27.8 Å². The van der Waals surface area contributed by atoms with Crippen LogP contribution in [0, 0.1) is 10.1 Å². The first-order valence-electron chi connectivity index (χ1n) is 6.35. The molecule has 0 aromatic heterocycles. The van der Waals surface area contributed by atoms with Crippen molar-refractivity contribution in [2.24, 2.45) is 0 Å². The Balaban J connectivity index is 3.13. The Bertz CT molecular complexity index is 532. The lowest BCUT2D eigenvalue weighted by Gasteiger charge is -2.17. The summed E-state index contributed by atoms with van der Waals surface area (Å²) in [7, 11) is 1.37. The maximum Gasteiger partial charge on any atom is 0.278 e. The van der Waals surface area contributed by atoms with Crippen LogP contribution in [0.4, 0.5) is 5.69 Å². The van der Waals surface area contributed by atoms with Gasteiger partial charge in [0.15, 0.2) is 17.6 Å². The van der Waals surface area contributed by atoms with Gasteiger partial charge >= 0.3 is 0 Å². The molecule has 0 fully saturated rings. The van der Waals surface area contributed by atoms with Crippen molar-refractivity contribution in [3.8, 4) is 11.5 Å². The summed E-state index contributed by atoms with van der Waals surface area (Å²) in [5, 5.41) is 22.7. The Morgan fingerprint density at radius 3 is 2.62 bits per heavy atom. The highest BCUT2D eigenvalue weighted by atomic mass is 16.6. The van der Waals surface area contributed by atoms with Crippen molar-refractivity contribution in [2.75, 3.05) is 13.7 Å². The molecule has 0 radical (unpaired) electrons. The number of nitro benzene ring substituents is 1. The molecular weight excluding hydrogens is 280 g/mol. The first-order chi connectivity index (χ1) is 9.94. The molecule has 0 aliphatic carbocycles. The van der Waals surface area contributed by atoms with E-state index in [2.05, 4.69) is 5.32 Å². The second-order valence-corrected chi connectivity index (χ2v) is 4.20. The highest BCUT2D eigenvalue weighted by molar-refractivity contribution is 5.80. The molecule has 0 aliphatic rings. The number of benzene rings is 1. The zero-order valence-corrected chi connectivity index (χ0v) is 12.1. The number of carbonyl (C=O) groups excluding carboxylic acids is 1. The highest BCUT2D eigenvalue weighted by Crippen LogP contribution is 2.35. The molecule has 8 heteroatoms. The molecular formula is C13H18N2O6. The summed E-state index contributed by atoms with van der Waals surface area (Å²) in [5.41, 5.74) is -0.189. The van der Waals surface area contributed by atoms with Crippen molar-refractivity contribution in [1.29, 1.82) is 0 Å². The maximum atomic E-state index is 11.6. The number of nitrogens with zero attached hydrogens (tertiary/aromatic N) is 1. The first-order valence-corrected chi connectivity index (χ1v) is 6.35. The Labute approximate surface area is 121 Å².